The molecule has 1 aromatic heterocycles. The van der Waals surface area contributed by atoms with Gasteiger partial charge in [-0.15, -0.1) is 11.3 Å². The highest BCUT2D eigenvalue weighted by atomic mass is 32.2. The van der Waals surface area contributed by atoms with Crippen LogP contribution in [0, 0.1) is 6.92 Å². The van der Waals surface area contributed by atoms with Crippen LogP contribution in [0.3, 0.4) is 0 Å². The van der Waals surface area contributed by atoms with Crippen LogP contribution in [0.15, 0.2) is 11.4 Å². The van der Waals surface area contributed by atoms with Crippen molar-refractivity contribution in [3.63, 3.8) is 0 Å². The Kier molecular flexibility index (Phi) is 4.31. The van der Waals surface area contributed by atoms with Crippen LogP contribution in [-0.2, 0) is 9.84 Å². The van der Waals surface area contributed by atoms with E-state index in [4.69, 9.17) is 0 Å². The Balaban J connectivity index is 2.88. The summed E-state index contributed by atoms with van der Waals surface area (Å²) in [4.78, 5) is 1.13. The van der Waals surface area contributed by atoms with E-state index in [-0.39, 0.29) is 11.8 Å². The molecule has 1 unspecified atom stereocenters. The van der Waals surface area contributed by atoms with Crippen molar-refractivity contribution in [1.82, 2.24) is 5.32 Å². The third-order valence-corrected chi connectivity index (χ3v) is 4.21. The monoisotopic (exact) mass is 247 g/mol. The van der Waals surface area contributed by atoms with Crippen molar-refractivity contribution in [1.29, 1.82) is 0 Å². The van der Waals surface area contributed by atoms with E-state index in [1.807, 2.05) is 25.3 Å². The van der Waals surface area contributed by atoms with E-state index >= 15 is 0 Å². The minimum atomic E-state index is -2.94. The molecule has 1 atom stereocenters. The number of sulfone groups is 1. The zero-order chi connectivity index (χ0) is 11.5. The quantitative estimate of drug-likeness (QED) is 0.862. The van der Waals surface area contributed by atoms with Gasteiger partial charge in [-0.3, -0.25) is 0 Å². The number of aryl methyl sites for hydroxylation is 1. The molecule has 1 rings (SSSR count). The molecule has 0 aliphatic rings. The average Bonchev–Trinajstić information content (AvgIpc) is 2.48. The summed E-state index contributed by atoms with van der Waals surface area (Å²) in [5, 5.41) is 5.21. The second-order valence-electron chi connectivity index (χ2n) is 3.67. The van der Waals surface area contributed by atoms with E-state index in [9.17, 15) is 8.42 Å². The Labute approximate surface area is 95.4 Å². The molecule has 0 aliphatic carbocycles. The van der Waals surface area contributed by atoms with Crippen LogP contribution in [0.2, 0.25) is 0 Å². The van der Waals surface area contributed by atoms with Gasteiger partial charge in [-0.25, -0.2) is 8.42 Å². The molecule has 0 aromatic carbocycles. The maximum Gasteiger partial charge on any atom is 0.149 e. The van der Waals surface area contributed by atoms with Gasteiger partial charge in [0.1, 0.15) is 9.84 Å². The second kappa shape index (κ2) is 5.09. The third kappa shape index (κ3) is 3.93. The van der Waals surface area contributed by atoms with Gasteiger partial charge in [-0.2, -0.15) is 0 Å². The molecule has 5 heteroatoms. The van der Waals surface area contributed by atoms with Crippen LogP contribution in [0.4, 0.5) is 0 Å². The molecule has 0 bridgehead atoms. The van der Waals surface area contributed by atoms with Gasteiger partial charge in [0.05, 0.1) is 11.8 Å². The van der Waals surface area contributed by atoms with Gasteiger partial charge in [-0.1, -0.05) is 6.92 Å². The highest BCUT2D eigenvalue weighted by molar-refractivity contribution is 7.90. The van der Waals surface area contributed by atoms with E-state index in [0.717, 1.165) is 17.0 Å². The van der Waals surface area contributed by atoms with Crippen molar-refractivity contribution in [2.24, 2.45) is 0 Å². The zero-order valence-corrected chi connectivity index (χ0v) is 10.9. The topological polar surface area (TPSA) is 46.2 Å². The molecule has 0 saturated heterocycles. The van der Waals surface area contributed by atoms with Crippen molar-refractivity contribution in [3.8, 4) is 0 Å². The Morgan fingerprint density at radius 2 is 2.20 bits per heavy atom. The highest BCUT2D eigenvalue weighted by Gasteiger charge is 2.18. The number of thiophene rings is 1. The first-order valence-corrected chi connectivity index (χ1v) is 7.83. The van der Waals surface area contributed by atoms with Crippen molar-refractivity contribution in [2.75, 3.05) is 18.6 Å². The van der Waals surface area contributed by atoms with E-state index in [1.165, 1.54) is 6.26 Å². The third-order valence-electron chi connectivity index (χ3n) is 2.14. The molecular weight excluding hydrogens is 230 g/mol. The molecule has 86 valence electrons. The van der Waals surface area contributed by atoms with Gasteiger partial charge in [0, 0.05) is 11.1 Å². The van der Waals surface area contributed by atoms with E-state index < -0.39 is 9.84 Å². The van der Waals surface area contributed by atoms with Crippen LogP contribution in [0.5, 0.6) is 0 Å². The Hall–Kier alpha value is -0.390. The van der Waals surface area contributed by atoms with Crippen molar-refractivity contribution >= 4 is 21.2 Å². The van der Waals surface area contributed by atoms with Crippen LogP contribution in [0.25, 0.3) is 0 Å². The fourth-order valence-corrected chi connectivity index (χ4v) is 3.52. The molecule has 1 heterocycles. The summed E-state index contributed by atoms with van der Waals surface area (Å²) in [6.45, 7) is 4.77. The molecule has 0 fully saturated rings. The lowest BCUT2D eigenvalue weighted by Gasteiger charge is -2.16. The minimum absolute atomic E-state index is 0.0648. The molecule has 1 N–H and O–H groups in total. The summed E-state index contributed by atoms with van der Waals surface area (Å²) in [5.41, 5.74) is 1.16. The van der Waals surface area contributed by atoms with Gasteiger partial charge >= 0.3 is 0 Å². The first-order chi connectivity index (χ1) is 6.94. The summed E-state index contributed by atoms with van der Waals surface area (Å²) in [6.07, 6.45) is 1.28. The smallest absolute Gasteiger partial charge is 0.149 e. The van der Waals surface area contributed by atoms with Gasteiger partial charge < -0.3 is 5.32 Å². The predicted octanol–water partition coefficient (Wildman–Crippen LogP) is 1.75. The number of nitrogens with one attached hydrogen (secondary N) is 1. The summed E-state index contributed by atoms with van der Waals surface area (Å²) in [7, 11) is -2.94. The van der Waals surface area contributed by atoms with Gasteiger partial charge in [-0.05, 0) is 30.5 Å². The average molecular weight is 247 g/mol. The molecule has 0 spiro atoms. The SMILES string of the molecule is CCNC(CS(C)(=O)=O)c1sccc1C. The predicted molar refractivity (Wildman–Crippen MR) is 65.2 cm³/mol. The van der Waals surface area contributed by atoms with Gasteiger partial charge in [0.25, 0.3) is 0 Å². The first kappa shape index (κ1) is 12.7. The van der Waals surface area contributed by atoms with Crippen molar-refractivity contribution < 1.29 is 8.42 Å². The number of hydrogen-bond acceptors (Lipinski definition) is 4. The normalized spacial score (nSPS) is 14.1. The van der Waals surface area contributed by atoms with Crippen LogP contribution < -0.4 is 5.32 Å². The lowest BCUT2D eigenvalue weighted by molar-refractivity contribution is 0.566. The summed E-state index contributed by atoms with van der Waals surface area (Å²) < 4.78 is 22.6. The highest BCUT2D eigenvalue weighted by Crippen LogP contribution is 2.24. The minimum Gasteiger partial charge on any atom is -0.309 e. The Bertz CT molecular complexity index is 409. The molecule has 0 aliphatic heterocycles. The lowest BCUT2D eigenvalue weighted by atomic mass is 10.2. The largest absolute Gasteiger partial charge is 0.309 e. The molecule has 1 aromatic rings. The lowest BCUT2D eigenvalue weighted by Crippen LogP contribution is -2.27. The number of rotatable bonds is 5. The maximum absolute atomic E-state index is 11.3. The van der Waals surface area contributed by atoms with Crippen LogP contribution >= 0.6 is 11.3 Å². The first-order valence-electron chi connectivity index (χ1n) is 4.89. The van der Waals surface area contributed by atoms with Gasteiger partial charge in [0.2, 0.25) is 0 Å². The molecule has 3 nitrogen and oxygen atoms in total. The van der Waals surface area contributed by atoms with Crippen molar-refractivity contribution in [2.45, 2.75) is 19.9 Å². The molecular formula is C10H17NO2S2. The summed E-state index contributed by atoms with van der Waals surface area (Å²) >= 11 is 1.61. The number of hydrogen-bond donors (Lipinski definition) is 1. The second-order valence-corrected chi connectivity index (χ2v) is 6.80. The fraction of sp³-hybridized carbons (Fsp3) is 0.600. The van der Waals surface area contributed by atoms with Gasteiger partial charge in [0.15, 0.2) is 0 Å². The molecule has 0 amide bonds. The maximum atomic E-state index is 11.3. The van der Waals surface area contributed by atoms with E-state index in [0.29, 0.717) is 0 Å². The van der Waals surface area contributed by atoms with E-state index in [2.05, 4.69) is 5.32 Å². The van der Waals surface area contributed by atoms with Crippen LogP contribution in [0.1, 0.15) is 23.4 Å². The zero-order valence-electron chi connectivity index (χ0n) is 9.28. The summed E-state index contributed by atoms with van der Waals surface area (Å²) in [5.74, 6) is 0.169. The van der Waals surface area contributed by atoms with E-state index in [1.54, 1.807) is 11.3 Å². The van der Waals surface area contributed by atoms with Crippen molar-refractivity contribution in [3.05, 3.63) is 21.9 Å². The fourth-order valence-electron chi connectivity index (χ4n) is 1.52. The Morgan fingerprint density at radius 1 is 1.53 bits per heavy atom. The standard InChI is InChI=1S/C10H17NO2S2/c1-4-11-9(7-15(3,12)13)10-8(2)5-6-14-10/h5-6,9,11H,4,7H2,1-3H3. The molecule has 0 saturated carbocycles. The Morgan fingerprint density at radius 3 is 2.60 bits per heavy atom. The summed E-state index contributed by atoms with van der Waals surface area (Å²) in [6, 6.07) is 1.96. The van der Waals surface area contributed by atoms with Crippen LogP contribution in [-0.4, -0.2) is 27.0 Å². The molecule has 0 radical (unpaired) electrons. The molecule has 15 heavy (non-hydrogen) atoms.